The van der Waals surface area contributed by atoms with Gasteiger partial charge in [-0.3, -0.25) is 9.59 Å². The second-order valence-electron chi connectivity index (χ2n) is 6.44. The molecule has 0 aliphatic heterocycles. The van der Waals surface area contributed by atoms with Crippen molar-refractivity contribution in [3.63, 3.8) is 0 Å². The molecule has 0 spiro atoms. The number of hydrogen-bond acceptors (Lipinski definition) is 4. The molecule has 0 aliphatic rings. The highest BCUT2D eigenvalue weighted by Crippen LogP contribution is 2.19. The molecule has 2 aromatic rings. The Labute approximate surface area is 158 Å². The topological polar surface area (TPSA) is 113 Å². The minimum absolute atomic E-state index is 0.00878. The third-order valence-corrected chi connectivity index (χ3v) is 5.49. The van der Waals surface area contributed by atoms with Crippen molar-refractivity contribution < 1.29 is 23.1 Å². The van der Waals surface area contributed by atoms with Gasteiger partial charge >= 0.3 is 5.97 Å². The molecule has 7 nitrogen and oxygen atoms in total. The molecule has 0 radical (unpaired) electrons. The van der Waals surface area contributed by atoms with Crippen molar-refractivity contribution in [1.29, 1.82) is 0 Å². The SMILES string of the molecule is CC(C)NS(=O)(=O)c1cccc(C(=O)Nc2ccc(C(C)C(=O)O)cc2)c1. The molecule has 1 unspecified atom stereocenters. The predicted octanol–water partition coefficient (Wildman–Crippen LogP) is 2.81. The lowest BCUT2D eigenvalue weighted by Gasteiger charge is -2.11. The first-order valence-electron chi connectivity index (χ1n) is 8.36. The first kappa shape index (κ1) is 20.6. The van der Waals surface area contributed by atoms with Crippen LogP contribution >= 0.6 is 0 Å². The molecule has 144 valence electrons. The largest absolute Gasteiger partial charge is 0.481 e. The van der Waals surface area contributed by atoms with Gasteiger partial charge in [-0.05, 0) is 56.7 Å². The molecule has 27 heavy (non-hydrogen) atoms. The van der Waals surface area contributed by atoms with Crippen LogP contribution in [0.15, 0.2) is 53.4 Å². The van der Waals surface area contributed by atoms with Gasteiger partial charge in [0.25, 0.3) is 5.91 Å². The number of carboxylic acid groups (broad SMARTS) is 1. The van der Waals surface area contributed by atoms with Crippen molar-refractivity contribution in [2.75, 3.05) is 5.32 Å². The zero-order chi connectivity index (χ0) is 20.2. The molecular weight excluding hydrogens is 368 g/mol. The van der Waals surface area contributed by atoms with Gasteiger partial charge in [0.1, 0.15) is 0 Å². The Kier molecular flexibility index (Phi) is 6.35. The molecule has 2 aromatic carbocycles. The highest BCUT2D eigenvalue weighted by molar-refractivity contribution is 7.89. The van der Waals surface area contributed by atoms with Crippen molar-refractivity contribution in [3.8, 4) is 0 Å². The lowest BCUT2D eigenvalue weighted by molar-refractivity contribution is -0.138. The van der Waals surface area contributed by atoms with Crippen molar-refractivity contribution in [1.82, 2.24) is 4.72 Å². The van der Waals surface area contributed by atoms with Crippen LogP contribution in [0.5, 0.6) is 0 Å². The fourth-order valence-electron chi connectivity index (χ4n) is 2.38. The first-order valence-corrected chi connectivity index (χ1v) is 9.85. The molecule has 0 bridgehead atoms. The third kappa shape index (κ3) is 5.38. The highest BCUT2D eigenvalue weighted by Gasteiger charge is 2.18. The van der Waals surface area contributed by atoms with Gasteiger partial charge in [-0.1, -0.05) is 18.2 Å². The Hall–Kier alpha value is -2.71. The van der Waals surface area contributed by atoms with Crippen LogP contribution in [0.25, 0.3) is 0 Å². The summed E-state index contributed by atoms with van der Waals surface area (Å²) in [7, 11) is -3.70. The number of benzene rings is 2. The molecule has 0 fully saturated rings. The summed E-state index contributed by atoms with van der Waals surface area (Å²) in [6.45, 7) is 5.00. The van der Waals surface area contributed by atoms with Gasteiger partial charge < -0.3 is 10.4 Å². The minimum Gasteiger partial charge on any atom is -0.481 e. The number of anilines is 1. The average molecular weight is 390 g/mol. The lowest BCUT2D eigenvalue weighted by atomic mass is 10.0. The van der Waals surface area contributed by atoms with E-state index in [0.717, 1.165) is 0 Å². The number of carbonyl (C=O) groups is 2. The lowest BCUT2D eigenvalue weighted by Crippen LogP contribution is -2.30. The average Bonchev–Trinajstić information content (AvgIpc) is 2.60. The number of carbonyl (C=O) groups excluding carboxylic acids is 1. The van der Waals surface area contributed by atoms with E-state index in [4.69, 9.17) is 5.11 Å². The normalized spacial score (nSPS) is 12.6. The van der Waals surface area contributed by atoms with Crippen LogP contribution in [-0.2, 0) is 14.8 Å². The molecule has 0 saturated carbocycles. The van der Waals surface area contributed by atoms with Crippen LogP contribution in [0.2, 0.25) is 0 Å². The maximum Gasteiger partial charge on any atom is 0.310 e. The zero-order valence-corrected chi connectivity index (χ0v) is 16.1. The summed E-state index contributed by atoms with van der Waals surface area (Å²) in [5, 5.41) is 11.7. The Morgan fingerprint density at radius 1 is 1.00 bits per heavy atom. The van der Waals surface area contributed by atoms with Gasteiger partial charge in [-0.2, -0.15) is 0 Å². The molecule has 1 atom stereocenters. The molecule has 8 heteroatoms. The number of hydrogen-bond donors (Lipinski definition) is 3. The van der Waals surface area contributed by atoms with Crippen molar-refractivity contribution in [3.05, 3.63) is 59.7 Å². The summed E-state index contributed by atoms with van der Waals surface area (Å²) in [5.41, 5.74) is 1.30. The van der Waals surface area contributed by atoms with E-state index in [0.29, 0.717) is 11.3 Å². The van der Waals surface area contributed by atoms with Crippen LogP contribution in [0.1, 0.15) is 42.6 Å². The van der Waals surface area contributed by atoms with Crippen LogP contribution in [-0.4, -0.2) is 31.4 Å². The first-order chi connectivity index (χ1) is 12.6. The van der Waals surface area contributed by atoms with E-state index < -0.39 is 27.8 Å². The van der Waals surface area contributed by atoms with Crippen molar-refractivity contribution in [2.45, 2.75) is 37.6 Å². The summed E-state index contributed by atoms with van der Waals surface area (Å²) < 4.78 is 27.0. The molecule has 0 saturated heterocycles. The van der Waals surface area contributed by atoms with E-state index in [1.165, 1.54) is 24.3 Å². The summed E-state index contributed by atoms with van der Waals surface area (Å²) in [6.07, 6.45) is 0. The van der Waals surface area contributed by atoms with Gasteiger partial charge in [0, 0.05) is 17.3 Å². The fraction of sp³-hybridized carbons (Fsp3) is 0.263. The maximum atomic E-state index is 12.4. The van der Waals surface area contributed by atoms with Gasteiger partial charge in [0.15, 0.2) is 0 Å². The summed E-state index contributed by atoms with van der Waals surface area (Å²) >= 11 is 0. The monoisotopic (exact) mass is 390 g/mol. The van der Waals surface area contributed by atoms with Crippen LogP contribution in [0.4, 0.5) is 5.69 Å². The number of nitrogens with one attached hydrogen (secondary N) is 2. The van der Waals surface area contributed by atoms with E-state index in [9.17, 15) is 18.0 Å². The Morgan fingerprint density at radius 3 is 2.19 bits per heavy atom. The highest BCUT2D eigenvalue weighted by atomic mass is 32.2. The van der Waals surface area contributed by atoms with E-state index >= 15 is 0 Å². The van der Waals surface area contributed by atoms with Crippen LogP contribution in [0.3, 0.4) is 0 Å². The second-order valence-corrected chi connectivity index (χ2v) is 8.15. The smallest absolute Gasteiger partial charge is 0.310 e. The number of amides is 1. The Balaban J connectivity index is 2.17. The predicted molar refractivity (Wildman–Crippen MR) is 102 cm³/mol. The molecule has 0 aromatic heterocycles. The number of carboxylic acids is 1. The van der Waals surface area contributed by atoms with Gasteiger partial charge in [0.2, 0.25) is 10.0 Å². The number of sulfonamides is 1. The molecule has 3 N–H and O–H groups in total. The summed E-state index contributed by atoms with van der Waals surface area (Å²) in [6, 6.07) is 11.9. The van der Waals surface area contributed by atoms with Gasteiger partial charge in [0.05, 0.1) is 10.8 Å². The molecule has 1 amide bonds. The molecular formula is C19H22N2O5S. The number of rotatable bonds is 7. The Bertz CT molecular complexity index is 937. The van der Waals surface area contributed by atoms with Crippen LogP contribution in [0, 0.1) is 0 Å². The van der Waals surface area contributed by atoms with Crippen molar-refractivity contribution >= 4 is 27.6 Å². The van der Waals surface area contributed by atoms with Gasteiger partial charge in [-0.25, -0.2) is 13.1 Å². The third-order valence-electron chi connectivity index (χ3n) is 3.84. The minimum atomic E-state index is -3.70. The molecule has 0 heterocycles. The van der Waals surface area contributed by atoms with Gasteiger partial charge in [-0.15, -0.1) is 0 Å². The van der Waals surface area contributed by atoms with Crippen molar-refractivity contribution in [2.24, 2.45) is 0 Å². The molecule has 2 rings (SSSR count). The fourth-order valence-corrected chi connectivity index (χ4v) is 3.68. The van der Waals surface area contributed by atoms with E-state index in [1.807, 2.05) is 0 Å². The standard InChI is InChI=1S/C19H22N2O5S/c1-12(2)21-27(25,26)17-6-4-5-15(11-17)18(22)20-16-9-7-14(8-10-16)13(3)19(23)24/h4-13,21H,1-3H3,(H,20,22)(H,23,24). The Morgan fingerprint density at radius 2 is 1.63 bits per heavy atom. The van der Waals surface area contributed by atoms with E-state index in [1.54, 1.807) is 45.0 Å². The quantitative estimate of drug-likeness (QED) is 0.673. The van der Waals surface area contributed by atoms with Crippen LogP contribution < -0.4 is 10.0 Å². The summed E-state index contributed by atoms with van der Waals surface area (Å²) in [4.78, 5) is 23.4. The van der Waals surface area contributed by atoms with E-state index in [-0.39, 0.29) is 16.5 Å². The maximum absolute atomic E-state index is 12.4. The molecule has 0 aliphatic carbocycles. The second kappa shape index (κ2) is 8.32. The summed E-state index contributed by atoms with van der Waals surface area (Å²) in [5.74, 6) is -2.04. The van der Waals surface area contributed by atoms with E-state index in [2.05, 4.69) is 10.0 Å². The zero-order valence-electron chi connectivity index (χ0n) is 15.3. The number of aliphatic carboxylic acids is 1.